The standard InChI is InChI=1S/C26H19ClF5N3O2/c27-19-7-5-17(6-8-19)25(37)9-11-35(12-10-25)24(36)20-13-16(14-33)21(34-22(20)23(28)29)15-1-3-18(4-2-15)26(30,31)32/h1-8,13,23,37H,9-12H2. The van der Waals surface area contributed by atoms with Crippen LogP contribution in [0.4, 0.5) is 22.0 Å². The zero-order chi connectivity index (χ0) is 27.0. The lowest BCUT2D eigenvalue weighted by Crippen LogP contribution is -2.45. The first kappa shape index (κ1) is 26.5. The molecule has 5 nitrogen and oxygen atoms in total. The minimum absolute atomic E-state index is 0.0245. The molecule has 2 aromatic carbocycles. The maximum absolute atomic E-state index is 14.0. The van der Waals surface area contributed by atoms with Gasteiger partial charge in [-0.3, -0.25) is 4.79 Å². The average molecular weight is 536 g/mol. The van der Waals surface area contributed by atoms with Crippen molar-refractivity contribution in [2.75, 3.05) is 13.1 Å². The predicted molar refractivity (Wildman–Crippen MR) is 125 cm³/mol. The van der Waals surface area contributed by atoms with Gasteiger partial charge in [0.15, 0.2) is 0 Å². The molecule has 192 valence electrons. The van der Waals surface area contributed by atoms with Crippen LogP contribution in [0.15, 0.2) is 54.6 Å². The van der Waals surface area contributed by atoms with E-state index >= 15 is 0 Å². The first-order valence-corrected chi connectivity index (χ1v) is 11.5. The Morgan fingerprint density at radius 1 is 1.08 bits per heavy atom. The topological polar surface area (TPSA) is 77.2 Å². The Morgan fingerprint density at radius 3 is 2.19 bits per heavy atom. The number of benzene rings is 2. The van der Waals surface area contributed by atoms with Crippen molar-refractivity contribution in [3.05, 3.63) is 87.6 Å². The molecular weight excluding hydrogens is 517 g/mol. The fourth-order valence-electron chi connectivity index (χ4n) is 4.29. The Labute approximate surface area is 213 Å². The summed E-state index contributed by atoms with van der Waals surface area (Å²) in [4.78, 5) is 18.3. The van der Waals surface area contributed by atoms with Crippen molar-refractivity contribution in [1.29, 1.82) is 5.26 Å². The minimum Gasteiger partial charge on any atom is -0.385 e. The highest BCUT2D eigenvalue weighted by atomic mass is 35.5. The second kappa shape index (κ2) is 10.1. The highest BCUT2D eigenvalue weighted by molar-refractivity contribution is 6.30. The summed E-state index contributed by atoms with van der Waals surface area (Å²) in [7, 11) is 0. The van der Waals surface area contributed by atoms with Crippen LogP contribution in [0, 0.1) is 11.3 Å². The summed E-state index contributed by atoms with van der Waals surface area (Å²) < 4.78 is 66.6. The van der Waals surface area contributed by atoms with E-state index in [9.17, 15) is 37.1 Å². The summed E-state index contributed by atoms with van der Waals surface area (Å²) >= 11 is 5.90. The van der Waals surface area contributed by atoms with Crippen molar-refractivity contribution < 1.29 is 31.9 Å². The van der Waals surface area contributed by atoms with Crippen molar-refractivity contribution in [1.82, 2.24) is 9.88 Å². The zero-order valence-corrected chi connectivity index (χ0v) is 19.8. The highest BCUT2D eigenvalue weighted by Crippen LogP contribution is 2.36. The molecule has 0 atom stereocenters. The maximum Gasteiger partial charge on any atom is 0.416 e. The molecule has 0 radical (unpaired) electrons. The number of rotatable bonds is 4. The van der Waals surface area contributed by atoms with E-state index in [-0.39, 0.29) is 42.8 Å². The number of hydrogen-bond acceptors (Lipinski definition) is 4. The Hall–Kier alpha value is -3.55. The quantitative estimate of drug-likeness (QED) is 0.395. The van der Waals surface area contributed by atoms with Gasteiger partial charge in [0.1, 0.15) is 11.8 Å². The van der Waals surface area contributed by atoms with Gasteiger partial charge >= 0.3 is 6.18 Å². The van der Waals surface area contributed by atoms with Crippen molar-refractivity contribution >= 4 is 17.5 Å². The zero-order valence-electron chi connectivity index (χ0n) is 19.1. The van der Waals surface area contributed by atoms with Crippen LogP contribution in [0.5, 0.6) is 0 Å². The monoisotopic (exact) mass is 535 g/mol. The van der Waals surface area contributed by atoms with Gasteiger partial charge in [-0.2, -0.15) is 18.4 Å². The van der Waals surface area contributed by atoms with Crippen LogP contribution < -0.4 is 0 Å². The third-order valence-corrected chi connectivity index (χ3v) is 6.61. The molecule has 1 saturated heterocycles. The van der Waals surface area contributed by atoms with Gasteiger partial charge in [-0.25, -0.2) is 13.8 Å². The number of hydrogen-bond donors (Lipinski definition) is 1. The molecule has 2 heterocycles. The molecule has 0 unspecified atom stereocenters. The predicted octanol–water partition coefficient (Wildman–Crippen LogP) is 6.35. The van der Waals surface area contributed by atoms with Crippen molar-refractivity contribution in [3.8, 4) is 17.3 Å². The van der Waals surface area contributed by atoms with Gasteiger partial charge in [0.2, 0.25) is 0 Å². The van der Waals surface area contributed by atoms with Crippen molar-refractivity contribution in [3.63, 3.8) is 0 Å². The lowest BCUT2D eigenvalue weighted by Gasteiger charge is -2.38. The van der Waals surface area contributed by atoms with Gasteiger partial charge in [0.25, 0.3) is 12.3 Å². The van der Waals surface area contributed by atoms with Crippen molar-refractivity contribution in [2.24, 2.45) is 0 Å². The van der Waals surface area contributed by atoms with E-state index in [1.807, 2.05) is 0 Å². The second-order valence-electron chi connectivity index (χ2n) is 8.64. The summed E-state index contributed by atoms with van der Waals surface area (Å²) in [5.41, 5.74) is -3.37. The number of aliphatic hydroxyl groups is 1. The van der Waals surface area contributed by atoms with Crippen LogP contribution in [-0.4, -0.2) is 34.0 Å². The summed E-state index contributed by atoms with van der Waals surface area (Å²) in [5, 5.41) is 21.1. The molecule has 0 spiro atoms. The van der Waals surface area contributed by atoms with Gasteiger partial charge < -0.3 is 10.0 Å². The van der Waals surface area contributed by atoms with Crippen LogP contribution in [0.25, 0.3) is 11.3 Å². The number of likely N-dealkylation sites (tertiary alicyclic amines) is 1. The van der Waals surface area contributed by atoms with Crippen LogP contribution in [0.2, 0.25) is 5.02 Å². The molecular formula is C26H19ClF5N3O2. The summed E-state index contributed by atoms with van der Waals surface area (Å²) in [6.07, 6.45) is -7.49. The lowest BCUT2D eigenvalue weighted by atomic mass is 9.84. The molecule has 1 fully saturated rings. The van der Waals surface area contributed by atoms with Gasteiger partial charge in [0, 0.05) is 23.7 Å². The Balaban J connectivity index is 1.62. The molecule has 1 amide bonds. The average Bonchev–Trinajstić information content (AvgIpc) is 2.87. The largest absolute Gasteiger partial charge is 0.416 e. The number of alkyl halides is 5. The number of nitriles is 1. The van der Waals surface area contributed by atoms with Gasteiger partial charge in [-0.1, -0.05) is 35.9 Å². The first-order chi connectivity index (χ1) is 17.4. The third kappa shape index (κ3) is 5.43. The fraction of sp³-hybridized carbons (Fsp3) is 0.269. The molecule has 1 aromatic heterocycles. The van der Waals surface area contributed by atoms with Crippen LogP contribution in [-0.2, 0) is 11.8 Å². The van der Waals surface area contributed by atoms with Gasteiger partial charge in [-0.15, -0.1) is 0 Å². The molecule has 1 N–H and O–H groups in total. The highest BCUT2D eigenvalue weighted by Gasteiger charge is 2.37. The van der Waals surface area contributed by atoms with Crippen LogP contribution >= 0.6 is 11.6 Å². The van der Waals surface area contributed by atoms with Crippen LogP contribution in [0.3, 0.4) is 0 Å². The molecule has 0 aliphatic carbocycles. The van der Waals surface area contributed by atoms with E-state index in [0.29, 0.717) is 10.6 Å². The first-order valence-electron chi connectivity index (χ1n) is 11.1. The maximum atomic E-state index is 14.0. The molecule has 0 bridgehead atoms. The van der Waals surface area contributed by atoms with Crippen molar-refractivity contribution in [2.45, 2.75) is 31.0 Å². The van der Waals surface area contributed by atoms with Gasteiger partial charge in [0.05, 0.1) is 28.0 Å². The molecule has 3 aromatic rings. The number of aromatic nitrogens is 1. The molecule has 0 saturated carbocycles. The number of pyridine rings is 1. The van der Waals surface area contributed by atoms with E-state index < -0.39 is 40.9 Å². The normalized spacial score (nSPS) is 15.5. The number of carbonyl (C=O) groups excluding carboxylic acids is 1. The molecule has 4 rings (SSSR count). The molecule has 11 heteroatoms. The number of amides is 1. The fourth-order valence-corrected chi connectivity index (χ4v) is 4.41. The molecule has 37 heavy (non-hydrogen) atoms. The summed E-state index contributed by atoms with van der Waals surface area (Å²) in [5.74, 6) is -0.781. The summed E-state index contributed by atoms with van der Waals surface area (Å²) in [6, 6.07) is 13.0. The van der Waals surface area contributed by atoms with E-state index in [1.54, 1.807) is 30.3 Å². The van der Waals surface area contributed by atoms with E-state index in [0.717, 1.165) is 30.3 Å². The van der Waals surface area contributed by atoms with E-state index in [1.165, 1.54) is 4.90 Å². The number of halogens is 6. The van der Waals surface area contributed by atoms with E-state index in [4.69, 9.17) is 11.6 Å². The number of piperidine rings is 1. The number of nitrogens with zero attached hydrogens (tertiary/aromatic N) is 3. The smallest absolute Gasteiger partial charge is 0.385 e. The SMILES string of the molecule is N#Cc1cc(C(=O)N2CCC(O)(c3ccc(Cl)cc3)CC2)c(C(F)F)nc1-c1ccc(C(F)(F)F)cc1. The Morgan fingerprint density at radius 2 is 1.68 bits per heavy atom. The summed E-state index contributed by atoms with van der Waals surface area (Å²) in [6.45, 7) is 0.117. The van der Waals surface area contributed by atoms with Gasteiger partial charge in [-0.05, 0) is 48.7 Å². The molecule has 1 aliphatic heterocycles. The lowest BCUT2D eigenvalue weighted by molar-refractivity contribution is -0.137. The third-order valence-electron chi connectivity index (χ3n) is 6.35. The van der Waals surface area contributed by atoms with E-state index in [2.05, 4.69) is 4.98 Å². The second-order valence-corrected chi connectivity index (χ2v) is 9.07. The number of carbonyl (C=O) groups is 1. The Kier molecular flexibility index (Phi) is 7.22. The Bertz CT molecular complexity index is 1340. The van der Waals surface area contributed by atoms with Crippen LogP contribution in [0.1, 0.15) is 52.0 Å². The molecule has 1 aliphatic rings. The minimum atomic E-state index is -4.59.